The van der Waals surface area contributed by atoms with Gasteiger partial charge in [0.25, 0.3) is 0 Å². The lowest BCUT2D eigenvalue weighted by Crippen LogP contribution is -2.38. The van der Waals surface area contributed by atoms with Crippen molar-refractivity contribution < 1.29 is 0 Å². The predicted octanol–water partition coefficient (Wildman–Crippen LogP) is 2.86. The van der Waals surface area contributed by atoms with Gasteiger partial charge in [-0.3, -0.25) is 0 Å². The van der Waals surface area contributed by atoms with Crippen LogP contribution < -0.4 is 5.32 Å². The molecule has 2 atom stereocenters. The van der Waals surface area contributed by atoms with E-state index in [1.54, 1.807) is 11.1 Å². The molecular weight excluding hydrogens is 182 g/mol. The number of hydrogen-bond donors (Lipinski definition) is 1. The van der Waals surface area contributed by atoms with E-state index in [1.807, 2.05) is 0 Å². The van der Waals surface area contributed by atoms with Crippen LogP contribution in [0.3, 0.4) is 0 Å². The van der Waals surface area contributed by atoms with Gasteiger partial charge >= 0.3 is 0 Å². The van der Waals surface area contributed by atoms with Crippen LogP contribution in [0.5, 0.6) is 0 Å². The molecule has 1 saturated heterocycles. The second kappa shape index (κ2) is 3.97. The molecule has 1 N–H and O–H groups in total. The van der Waals surface area contributed by atoms with E-state index in [4.69, 9.17) is 0 Å². The average Bonchev–Trinajstić information content (AvgIpc) is 2.74. The van der Waals surface area contributed by atoms with Crippen LogP contribution in [0.1, 0.15) is 42.7 Å². The molecule has 2 aliphatic rings. The summed E-state index contributed by atoms with van der Waals surface area (Å²) in [4.78, 5) is 0. The molecule has 0 aromatic heterocycles. The summed E-state index contributed by atoms with van der Waals surface area (Å²) >= 11 is 0. The summed E-state index contributed by atoms with van der Waals surface area (Å²) in [7, 11) is 0. The van der Waals surface area contributed by atoms with Crippen LogP contribution in [0.15, 0.2) is 24.3 Å². The first-order chi connectivity index (χ1) is 7.45. The number of benzene rings is 1. The molecule has 1 nitrogen and oxygen atoms in total. The van der Waals surface area contributed by atoms with Crippen molar-refractivity contribution in [1.29, 1.82) is 0 Å². The molecule has 0 radical (unpaired) electrons. The second-order valence-corrected chi connectivity index (χ2v) is 4.90. The van der Waals surface area contributed by atoms with Gasteiger partial charge in [-0.1, -0.05) is 30.7 Å². The highest BCUT2D eigenvalue weighted by Gasteiger charge is 2.29. The molecule has 15 heavy (non-hydrogen) atoms. The van der Waals surface area contributed by atoms with Gasteiger partial charge in [-0.05, 0) is 49.3 Å². The van der Waals surface area contributed by atoms with Crippen molar-refractivity contribution in [2.75, 3.05) is 6.54 Å². The van der Waals surface area contributed by atoms with Gasteiger partial charge in [0.15, 0.2) is 0 Å². The van der Waals surface area contributed by atoms with E-state index < -0.39 is 0 Å². The smallest absolute Gasteiger partial charge is 0.0136 e. The molecule has 1 aliphatic heterocycles. The minimum atomic E-state index is 0.752. The van der Waals surface area contributed by atoms with Gasteiger partial charge in [-0.15, -0.1) is 0 Å². The number of nitrogens with one attached hydrogen (secondary N) is 1. The van der Waals surface area contributed by atoms with E-state index in [0.717, 1.165) is 12.0 Å². The molecule has 3 rings (SSSR count). The molecule has 0 saturated carbocycles. The van der Waals surface area contributed by atoms with Crippen molar-refractivity contribution in [3.8, 4) is 0 Å². The fourth-order valence-electron chi connectivity index (χ4n) is 3.23. The third-order valence-corrected chi connectivity index (χ3v) is 4.01. The van der Waals surface area contributed by atoms with E-state index in [-0.39, 0.29) is 0 Å². The van der Waals surface area contributed by atoms with Crippen LogP contribution in [0.2, 0.25) is 0 Å². The standard InChI is InChI=1S/C14H19N/c1-2-6-12-11(5-1)8-9-13(12)14-7-3-4-10-15-14/h1-2,5-6,13-15H,3-4,7-10H2/t13-,14-/m1/s1. The second-order valence-electron chi connectivity index (χ2n) is 4.90. The molecule has 0 amide bonds. The molecule has 1 fully saturated rings. The lowest BCUT2D eigenvalue weighted by Gasteiger charge is -2.29. The Morgan fingerprint density at radius 2 is 2.00 bits per heavy atom. The van der Waals surface area contributed by atoms with Crippen LogP contribution in [0.25, 0.3) is 0 Å². The van der Waals surface area contributed by atoms with E-state index in [2.05, 4.69) is 29.6 Å². The summed E-state index contributed by atoms with van der Waals surface area (Å²) in [5.74, 6) is 0.793. The summed E-state index contributed by atoms with van der Waals surface area (Å²) < 4.78 is 0. The summed E-state index contributed by atoms with van der Waals surface area (Å²) in [6.07, 6.45) is 6.80. The minimum absolute atomic E-state index is 0.752. The number of aryl methyl sites for hydroxylation is 1. The van der Waals surface area contributed by atoms with Crippen molar-refractivity contribution >= 4 is 0 Å². The minimum Gasteiger partial charge on any atom is -0.313 e. The van der Waals surface area contributed by atoms with Gasteiger partial charge in [-0.25, -0.2) is 0 Å². The maximum Gasteiger partial charge on any atom is 0.0136 e. The summed E-state index contributed by atoms with van der Waals surface area (Å²) in [5.41, 5.74) is 3.21. The van der Waals surface area contributed by atoms with Gasteiger partial charge in [-0.2, -0.15) is 0 Å². The Balaban J connectivity index is 1.83. The lowest BCUT2D eigenvalue weighted by atomic mass is 9.88. The molecule has 80 valence electrons. The number of piperidine rings is 1. The fraction of sp³-hybridized carbons (Fsp3) is 0.571. The Morgan fingerprint density at radius 3 is 2.87 bits per heavy atom. The van der Waals surface area contributed by atoms with Gasteiger partial charge < -0.3 is 5.32 Å². The molecule has 1 aliphatic carbocycles. The first-order valence-corrected chi connectivity index (χ1v) is 6.26. The van der Waals surface area contributed by atoms with Crippen molar-refractivity contribution in [1.82, 2.24) is 5.32 Å². The van der Waals surface area contributed by atoms with E-state index in [0.29, 0.717) is 0 Å². The Labute approximate surface area is 91.9 Å². The first-order valence-electron chi connectivity index (χ1n) is 6.26. The number of hydrogen-bond acceptors (Lipinski definition) is 1. The monoisotopic (exact) mass is 201 g/mol. The fourth-order valence-corrected chi connectivity index (χ4v) is 3.23. The van der Waals surface area contributed by atoms with E-state index in [1.165, 1.54) is 38.6 Å². The quantitative estimate of drug-likeness (QED) is 0.736. The topological polar surface area (TPSA) is 12.0 Å². The van der Waals surface area contributed by atoms with Crippen molar-refractivity contribution in [2.24, 2.45) is 0 Å². The van der Waals surface area contributed by atoms with Crippen molar-refractivity contribution in [2.45, 2.75) is 44.1 Å². The summed E-state index contributed by atoms with van der Waals surface area (Å²) in [6, 6.07) is 9.76. The zero-order valence-electron chi connectivity index (χ0n) is 9.21. The Bertz CT molecular complexity index is 339. The van der Waals surface area contributed by atoms with Gasteiger partial charge in [0.2, 0.25) is 0 Å². The van der Waals surface area contributed by atoms with Crippen LogP contribution in [-0.4, -0.2) is 12.6 Å². The Kier molecular flexibility index (Phi) is 2.49. The molecule has 1 heterocycles. The third-order valence-electron chi connectivity index (χ3n) is 4.01. The van der Waals surface area contributed by atoms with Gasteiger partial charge in [0.1, 0.15) is 0 Å². The number of fused-ring (bicyclic) bond motifs is 1. The molecule has 0 bridgehead atoms. The predicted molar refractivity (Wildman–Crippen MR) is 63.1 cm³/mol. The number of rotatable bonds is 1. The average molecular weight is 201 g/mol. The summed E-state index contributed by atoms with van der Waals surface area (Å²) in [6.45, 7) is 1.23. The highest BCUT2D eigenvalue weighted by Crippen LogP contribution is 2.37. The van der Waals surface area contributed by atoms with Crippen molar-refractivity contribution in [3.63, 3.8) is 0 Å². The largest absolute Gasteiger partial charge is 0.313 e. The Morgan fingerprint density at radius 1 is 1.07 bits per heavy atom. The first kappa shape index (κ1) is 9.41. The maximum absolute atomic E-state index is 3.70. The Hall–Kier alpha value is -0.820. The van der Waals surface area contributed by atoms with Crippen LogP contribution in [0, 0.1) is 0 Å². The maximum atomic E-state index is 3.70. The zero-order chi connectivity index (χ0) is 10.1. The zero-order valence-corrected chi connectivity index (χ0v) is 9.21. The van der Waals surface area contributed by atoms with Gasteiger partial charge in [0, 0.05) is 6.04 Å². The van der Waals surface area contributed by atoms with Crippen LogP contribution >= 0.6 is 0 Å². The van der Waals surface area contributed by atoms with Crippen molar-refractivity contribution in [3.05, 3.63) is 35.4 Å². The molecule has 1 aromatic carbocycles. The molecule has 1 heteroatoms. The van der Waals surface area contributed by atoms with E-state index in [9.17, 15) is 0 Å². The molecule has 1 aromatic rings. The normalized spacial score (nSPS) is 30.1. The summed E-state index contributed by atoms with van der Waals surface area (Å²) in [5, 5.41) is 3.70. The van der Waals surface area contributed by atoms with Gasteiger partial charge in [0.05, 0.1) is 0 Å². The molecular formula is C14H19N. The van der Waals surface area contributed by atoms with Crippen LogP contribution in [0.4, 0.5) is 0 Å². The van der Waals surface area contributed by atoms with Crippen LogP contribution in [-0.2, 0) is 6.42 Å². The highest BCUT2D eigenvalue weighted by atomic mass is 14.9. The molecule has 0 spiro atoms. The lowest BCUT2D eigenvalue weighted by molar-refractivity contribution is 0.348. The highest BCUT2D eigenvalue weighted by molar-refractivity contribution is 5.36. The SMILES string of the molecule is c1ccc2c(c1)CC[C@H]2[C@H]1CCCCN1. The van der Waals surface area contributed by atoms with E-state index >= 15 is 0 Å². The molecule has 0 unspecified atom stereocenters. The third kappa shape index (κ3) is 1.69.